The number of carbonyl (C=O) groups is 1. The number of nitrogen functional groups attached to an aromatic ring is 1. The predicted octanol–water partition coefficient (Wildman–Crippen LogP) is 2.51. The van der Waals surface area contributed by atoms with Crippen molar-refractivity contribution in [1.82, 2.24) is 9.78 Å². The highest BCUT2D eigenvalue weighted by molar-refractivity contribution is 6.40. The molecule has 0 aliphatic heterocycles. The molecule has 0 aliphatic rings. The van der Waals surface area contributed by atoms with Gasteiger partial charge in [-0.2, -0.15) is 5.10 Å². The summed E-state index contributed by atoms with van der Waals surface area (Å²) in [6, 6.07) is 2.99. The van der Waals surface area contributed by atoms with Crippen LogP contribution in [0.5, 0.6) is 0 Å². The molecule has 1 aromatic heterocycles. The van der Waals surface area contributed by atoms with Gasteiger partial charge in [-0.1, -0.05) is 34.8 Å². The molecule has 0 aliphatic carbocycles. The van der Waals surface area contributed by atoms with E-state index in [0.717, 1.165) is 0 Å². The van der Waals surface area contributed by atoms with Crippen molar-refractivity contribution in [3.8, 4) is 5.69 Å². The summed E-state index contributed by atoms with van der Waals surface area (Å²) in [6.45, 7) is 0. The number of nitrogens with zero attached hydrogens (tertiary/aromatic N) is 2. The molecular weight excluding hydrogens is 298 g/mol. The molecule has 0 radical (unpaired) electrons. The molecule has 0 saturated heterocycles. The van der Waals surface area contributed by atoms with Crippen molar-refractivity contribution in [1.29, 1.82) is 0 Å². The molecule has 94 valence electrons. The van der Waals surface area contributed by atoms with Gasteiger partial charge in [-0.05, 0) is 12.1 Å². The highest BCUT2D eigenvalue weighted by Gasteiger charge is 2.18. The van der Waals surface area contributed by atoms with E-state index >= 15 is 0 Å². The van der Waals surface area contributed by atoms with Gasteiger partial charge in [-0.25, -0.2) is 4.68 Å². The summed E-state index contributed by atoms with van der Waals surface area (Å²) in [4.78, 5) is 11.1. The Morgan fingerprint density at radius 1 is 1.22 bits per heavy atom. The zero-order valence-electron chi connectivity index (χ0n) is 8.82. The number of nitrogens with two attached hydrogens (primary N) is 2. The van der Waals surface area contributed by atoms with Crippen molar-refractivity contribution in [2.45, 2.75) is 0 Å². The van der Waals surface area contributed by atoms with Crippen LogP contribution in [0.25, 0.3) is 5.69 Å². The Labute approximate surface area is 117 Å². The molecule has 0 spiro atoms. The standard InChI is InChI=1S/C10H7Cl3N4O/c11-4-1-6(12)8(7(13)2-4)17-9(14)5(3-16-17)10(15)18/h1-3H,14H2,(H2,15,18). The topological polar surface area (TPSA) is 86.9 Å². The fourth-order valence-corrected chi connectivity index (χ4v) is 2.44. The average molecular weight is 306 g/mol. The predicted molar refractivity (Wildman–Crippen MR) is 71.5 cm³/mol. The van der Waals surface area contributed by atoms with Gasteiger partial charge in [0.2, 0.25) is 0 Å². The number of primary amides is 1. The largest absolute Gasteiger partial charge is 0.383 e. The summed E-state index contributed by atoms with van der Waals surface area (Å²) >= 11 is 17.9. The van der Waals surface area contributed by atoms with E-state index in [1.807, 2.05) is 0 Å². The quantitative estimate of drug-likeness (QED) is 0.893. The first-order chi connectivity index (χ1) is 8.41. The van der Waals surface area contributed by atoms with Crippen LogP contribution in [0.1, 0.15) is 10.4 Å². The molecule has 1 heterocycles. The lowest BCUT2D eigenvalue weighted by molar-refractivity contribution is 0.100. The Hall–Kier alpha value is -1.43. The van der Waals surface area contributed by atoms with Crippen LogP contribution in [0.4, 0.5) is 5.82 Å². The van der Waals surface area contributed by atoms with E-state index < -0.39 is 5.91 Å². The minimum Gasteiger partial charge on any atom is -0.383 e. The molecule has 5 nitrogen and oxygen atoms in total. The Bertz CT molecular complexity index is 615. The summed E-state index contributed by atoms with van der Waals surface area (Å²) in [5, 5.41) is 4.85. The van der Waals surface area contributed by atoms with Crippen LogP contribution in [0, 0.1) is 0 Å². The molecule has 2 rings (SSSR count). The number of amides is 1. The zero-order chi connectivity index (χ0) is 13.4. The molecule has 0 saturated carbocycles. The highest BCUT2D eigenvalue weighted by atomic mass is 35.5. The number of anilines is 1. The maximum atomic E-state index is 11.1. The Balaban J connectivity index is 2.67. The maximum Gasteiger partial charge on any atom is 0.254 e. The molecule has 1 aromatic carbocycles. The van der Waals surface area contributed by atoms with E-state index in [9.17, 15) is 4.79 Å². The van der Waals surface area contributed by atoms with Crippen molar-refractivity contribution in [2.75, 3.05) is 5.73 Å². The first-order valence-corrected chi connectivity index (χ1v) is 5.83. The third kappa shape index (κ3) is 2.12. The molecular formula is C10H7Cl3N4O. The summed E-state index contributed by atoms with van der Waals surface area (Å²) in [5.74, 6) is -0.617. The van der Waals surface area contributed by atoms with Crippen molar-refractivity contribution in [2.24, 2.45) is 5.73 Å². The number of benzene rings is 1. The van der Waals surface area contributed by atoms with Gasteiger partial charge in [0.25, 0.3) is 5.91 Å². The van der Waals surface area contributed by atoms with Crippen LogP contribution in [0.2, 0.25) is 15.1 Å². The Kier molecular flexibility index (Phi) is 3.38. The second kappa shape index (κ2) is 4.68. The molecule has 18 heavy (non-hydrogen) atoms. The van der Waals surface area contributed by atoms with Gasteiger partial charge in [0, 0.05) is 5.02 Å². The lowest BCUT2D eigenvalue weighted by Gasteiger charge is -2.09. The number of rotatable bonds is 2. The van der Waals surface area contributed by atoms with Gasteiger partial charge < -0.3 is 11.5 Å². The van der Waals surface area contributed by atoms with E-state index in [1.165, 1.54) is 23.0 Å². The SMILES string of the molecule is NC(=O)c1cnn(-c2c(Cl)cc(Cl)cc2Cl)c1N. The first kappa shape index (κ1) is 13.0. The normalized spacial score (nSPS) is 10.6. The molecule has 8 heteroatoms. The molecule has 0 atom stereocenters. The van der Waals surface area contributed by atoms with Gasteiger partial charge in [-0.15, -0.1) is 0 Å². The van der Waals surface area contributed by atoms with Gasteiger partial charge in [-0.3, -0.25) is 4.79 Å². The number of aromatic nitrogens is 2. The molecule has 4 N–H and O–H groups in total. The second-order valence-electron chi connectivity index (χ2n) is 3.44. The van der Waals surface area contributed by atoms with E-state index in [2.05, 4.69) is 5.10 Å². The summed E-state index contributed by atoms with van der Waals surface area (Å²) in [7, 11) is 0. The lowest BCUT2D eigenvalue weighted by Crippen LogP contribution is -2.13. The van der Waals surface area contributed by atoms with Crippen LogP contribution >= 0.6 is 34.8 Å². The van der Waals surface area contributed by atoms with E-state index in [4.69, 9.17) is 46.3 Å². The van der Waals surface area contributed by atoms with Gasteiger partial charge in [0.15, 0.2) is 0 Å². The number of halogens is 3. The summed E-state index contributed by atoms with van der Waals surface area (Å²) in [5.41, 5.74) is 11.3. The van der Waals surface area contributed by atoms with Crippen LogP contribution < -0.4 is 11.5 Å². The van der Waals surface area contributed by atoms with Crippen molar-refractivity contribution in [3.63, 3.8) is 0 Å². The number of hydrogen-bond donors (Lipinski definition) is 2. The number of carbonyl (C=O) groups excluding carboxylic acids is 1. The third-order valence-electron chi connectivity index (χ3n) is 2.27. The van der Waals surface area contributed by atoms with Crippen LogP contribution in [-0.4, -0.2) is 15.7 Å². The van der Waals surface area contributed by atoms with E-state index in [0.29, 0.717) is 10.7 Å². The third-order valence-corrected chi connectivity index (χ3v) is 3.06. The first-order valence-electron chi connectivity index (χ1n) is 4.70. The minimum atomic E-state index is -0.681. The molecule has 2 aromatic rings. The highest BCUT2D eigenvalue weighted by Crippen LogP contribution is 2.33. The molecule has 0 bridgehead atoms. The fraction of sp³-hybridized carbons (Fsp3) is 0. The summed E-state index contributed by atoms with van der Waals surface area (Å²) < 4.78 is 1.24. The lowest BCUT2D eigenvalue weighted by atomic mass is 10.3. The van der Waals surface area contributed by atoms with Gasteiger partial charge in [0.05, 0.1) is 16.2 Å². The van der Waals surface area contributed by atoms with Gasteiger partial charge >= 0.3 is 0 Å². The van der Waals surface area contributed by atoms with E-state index in [-0.39, 0.29) is 21.4 Å². The molecule has 0 unspecified atom stereocenters. The minimum absolute atomic E-state index is 0.0635. The fourth-order valence-electron chi connectivity index (χ4n) is 1.46. The Morgan fingerprint density at radius 2 is 1.78 bits per heavy atom. The number of hydrogen-bond acceptors (Lipinski definition) is 3. The summed E-state index contributed by atoms with van der Waals surface area (Å²) in [6.07, 6.45) is 1.25. The molecule has 0 fully saturated rings. The van der Waals surface area contributed by atoms with Crippen molar-refractivity contribution >= 4 is 46.5 Å². The average Bonchev–Trinajstić information content (AvgIpc) is 2.59. The monoisotopic (exact) mass is 304 g/mol. The Morgan fingerprint density at radius 3 is 2.22 bits per heavy atom. The van der Waals surface area contributed by atoms with Crippen molar-refractivity contribution < 1.29 is 4.79 Å². The van der Waals surface area contributed by atoms with E-state index in [1.54, 1.807) is 0 Å². The smallest absolute Gasteiger partial charge is 0.254 e. The second-order valence-corrected chi connectivity index (χ2v) is 4.69. The van der Waals surface area contributed by atoms with Crippen LogP contribution in [0.3, 0.4) is 0 Å². The van der Waals surface area contributed by atoms with Crippen LogP contribution in [0.15, 0.2) is 18.3 Å². The van der Waals surface area contributed by atoms with Crippen molar-refractivity contribution in [3.05, 3.63) is 39.0 Å². The molecule has 1 amide bonds. The zero-order valence-corrected chi connectivity index (χ0v) is 11.1. The van der Waals surface area contributed by atoms with Gasteiger partial charge in [0.1, 0.15) is 17.1 Å². The maximum absolute atomic E-state index is 11.1. The van der Waals surface area contributed by atoms with Crippen LogP contribution in [-0.2, 0) is 0 Å².